The fourth-order valence-corrected chi connectivity index (χ4v) is 1.82. The molecule has 0 bridgehead atoms. The molecule has 1 amide bonds. The summed E-state index contributed by atoms with van der Waals surface area (Å²) in [6.07, 6.45) is -0.524. The predicted molar refractivity (Wildman–Crippen MR) is 71.0 cm³/mol. The Morgan fingerprint density at radius 3 is 3.11 bits per heavy atom. The highest BCUT2D eigenvalue weighted by Crippen LogP contribution is 2.13. The molecule has 0 spiro atoms. The minimum absolute atomic E-state index is 0.173. The van der Waals surface area contributed by atoms with Crippen molar-refractivity contribution in [2.24, 2.45) is 0 Å². The lowest BCUT2D eigenvalue weighted by Crippen LogP contribution is -2.39. The van der Waals surface area contributed by atoms with Gasteiger partial charge in [0.1, 0.15) is 0 Å². The number of hydrogen-bond donors (Lipinski definition) is 1. The van der Waals surface area contributed by atoms with Crippen LogP contribution in [0.3, 0.4) is 0 Å². The van der Waals surface area contributed by atoms with Gasteiger partial charge in [0.25, 0.3) is 5.91 Å². The Balaban J connectivity index is 1.92. The van der Waals surface area contributed by atoms with Crippen molar-refractivity contribution >= 4 is 11.6 Å². The molecule has 5 nitrogen and oxygen atoms in total. The number of rotatable bonds is 5. The second kappa shape index (κ2) is 7.23. The van der Waals surface area contributed by atoms with Crippen molar-refractivity contribution in [1.29, 1.82) is 0 Å². The normalized spacial score (nSPS) is 19.1. The molecule has 19 heavy (non-hydrogen) atoms. The zero-order chi connectivity index (χ0) is 13.5. The third kappa shape index (κ3) is 4.31. The summed E-state index contributed by atoms with van der Waals surface area (Å²) in [5.41, 5.74) is 1.77. The molecule has 1 heterocycles. The molecule has 104 valence electrons. The van der Waals surface area contributed by atoms with Crippen LogP contribution < -0.4 is 5.32 Å². The van der Waals surface area contributed by atoms with E-state index in [1.54, 1.807) is 0 Å². The van der Waals surface area contributed by atoms with E-state index >= 15 is 0 Å². The maximum absolute atomic E-state index is 11.9. The first kappa shape index (κ1) is 14.0. The van der Waals surface area contributed by atoms with Crippen molar-refractivity contribution in [3.8, 4) is 0 Å². The van der Waals surface area contributed by atoms with E-state index < -0.39 is 6.10 Å². The molecular weight excluding hydrogens is 246 g/mol. The van der Waals surface area contributed by atoms with Gasteiger partial charge in [-0.25, -0.2) is 0 Å². The number of benzene rings is 1. The Morgan fingerprint density at radius 2 is 2.37 bits per heavy atom. The monoisotopic (exact) mass is 265 g/mol. The molecule has 0 saturated carbocycles. The van der Waals surface area contributed by atoms with Crippen molar-refractivity contribution in [2.75, 3.05) is 31.7 Å². The SMILES string of the molecule is CCOCc1cccc(NC(=O)[C@H]2COCCO2)c1. The standard InChI is InChI=1S/C14H19NO4/c1-2-17-9-11-4-3-5-12(8-11)15-14(16)13-10-18-6-7-19-13/h3-5,8,13H,2,6-7,9-10H2,1H3,(H,15,16)/t13-/m1/s1. The molecule has 1 atom stereocenters. The van der Waals surface area contributed by atoms with Crippen LogP contribution in [-0.4, -0.2) is 38.4 Å². The molecule has 0 radical (unpaired) electrons. The van der Waals surface area contributed by atoms with Crippen molar-refractivity contribution in [1.82, 2.24) is 0 Å². The summed E-state index contributed by atoms with van der Waals surface area (Å²) in [4.78, 5) is 11.9. The van der Waals surface area contributed by atoms with Gasteiger partial charge in [-0.05, 0) is 24.6 Å². The number of amides is 1. The Hall–Kier alpha value is -1.43. The van der Waals surface area contributed by atoms with Gasteiger partial charge in [-0.3, -0.25) is 4.79 Å². The molecule has 1 aromatic carbocycles. The number of ether oxygens (including phenoxy) is 3. The lowest BCUT2D eigenvalue weighted by Gasteiger charge is -2.22. The molecular formula is C14H19NO4. The average molecular weight is 265 g/mol. The first-order valence-electron chi connectivity index (χ1n) is 6.46. The van der Waals surface area contributed by atoms with Crippen LogP contribution in [0.25, 0.3) is 0 Å². The van der Waals surface area contributed by atoms with Gasteiger partial charge in [-0.15, -0.1) is 0 Å². The van der Waals surface area contributed by atoms with Crippen LogP contribution in [0.1, 0.15) is 12.5 Å². The molecule has 0 aliphatic carbocycles. The number of anilines is 1. The van der Waals surface area contributed by atoms with Crippen LogP contribution >= 0.6 is 0 Å². The van der Waals surface area contributed by atoms with Crippen LogP contribution in [0, 0.1) is 0 Å². The van der Waals surface area contributed by atoms with E-state index in [0.29, 0.717) is 33.0 Å². The smallest absolute Gasteiger partial charge is 0.255 e. The van der Waals surface area contributed by atoms with Crippen LogP contribution in [0.5, 0.6) is 0 Å². The largest absolute Gasteiger partial charge is 0.377 e. The van der Waals surface area contributed by atoms with Crippen molar-refractivity contribution < 1.29 is 19.0 Å². The molecule has 1 N–H and O–H groups in total. The van der Waals surface area contributed by atoms with Crippen molar-refractivity contribution in [2.45, 2.75) is 19.6 Å². The van der Waals surface area contributed by atoms with E-state index in [1.807, 2.05) is 31.2 Å². The van der Waals surface area contributed by atoms with Crippen LogP contribution in [0.2, 0.25) is 0 Å². The highest BCUT2D eigenvalue weighted by molar-refractivity contribution is 5.94. The van der Waals surface area contributed by atoms with E-state index in [-0.39, 0.29) is 5.91 Å². The number of carbonyl (C=O) groups is 1. The van der Waals surface area contributed by atoms with E-state index in [1.165, 1.54) is 0 Å². The maximum atomic E-state index is 11.9. The predicted octanol–water partition coefficient (Wildman–Crippen LogP) is 1.58. The third-order valence-electron chi connectivity index (χ3n) is 2.78. The number of nitrogens with one attached hydrogen (secondary N) is 1. The Kier molecular flexibility index (Phi) is 5.32. The first-order valence-corrected chi connectivity index (χ1v) is 6.46. The molecule has 1 aromatic rings. The summed E-state index contributed by atoms with van der Waals surface area (Å²) in [7, 11) is 0. The lowest BCUT2D eigenvalue weighted by molar-refractivity contribution is -0.142. The Morgan fingerprint density at radius 1 is 1.47 bits per heavy atom. The van der Waals surface area contributed by atoms with E-state index in [2.05, 4.69) is 5.32 Å². The fourth-order valence-electron chi connectivity index (χ4n) is 1.82. The zero-order valence-electron chi connectivity index (χ0n) is 11.1. The summed E-state index contributed by atoms with van der Waals surface area (Å²) < 4.78 is 15.9. The summed E-state index contributed by atoms with van der Waals surface area (Å²) in [5, 5.41) is 2.83. The molecule has 1 aliphatic heterocycles. The zero-order valence-corrected chi connectivity index (χ0v) is 11.1. The highest BCUT2D eigenvalue weighted by atomic mass is 16.6. The Labute approximate surface area is 112 Å². The van der Waals surface area contributed by atoms with Gasteiger partial charge in [0.05, 0.1) is 26.4 Å². The molecule has 0 unspecified atom stereocenters. The fraction of sp³-hybridized carbons (Fsp3) is 0.500. The first-order chi connectivity index (χ1) is 9.29. The quantitative estimate of drug-likeness (QED) is 0.878. The van der Waals surface area contributed by atoms with E-state index in [4.69, 9.17) is 14.2 Å². The van der Waals surface area contributed by atoms with Crippen LogP contribution in [0.15, 0.2) is 24.3 Å². The second-order valence-electron chi connectivity index (χ2n) is 4.26. The van der Waals surface area contributed by atoms with Gasteiger partial charge in [-0.1, -0.05) is 12.1 Å². The molecule has 0 aromatic heterocycles. The van der Waals surface area contributed by atoms with Crippen molar-refractivity contribution in [3.05, 3.63) is 29.8 Å². The minimum atomic E-state index is -0.524. The van der Waals surface area contributed by atoms with Gasteiger partial charge in [0.15, 0.2) is 6.10 Å². The van der Waals surface area contributed by atoms with Gasteiger partial charge < -0.3 is 19.5 Å². The van der Waals surface area contributed by atoms with E-state index in [9.17, 15) is 4.79 Å². The minimum Gasteiger partial charge on any atom is -0.377 e. The maximum Gasteiger partial charge on any atom is 0.255 e. The molecule has 2 rings (SSSR count). The summed E-state index contributed by atoms with van der Waals surface area (Å²) in [5.74, 6) is -0.173. The Bertz CT molecular complexity index is 416. The summed E-state index contributed by atoms with van der Waals surface area (Å²) >= 11 is 0. The molecule has 1 fully saturated rings. The molecule has 5 heteroatoms. The number of hydrogen-bond acceptors (Lipinski definition) is 4. The van der Waals surface area contributed by atoms with E-state index in [0.717, 1.165) is 11.3 Å². The van der Waals surface area contributed by atoms with Crippen molar-refractivity contribution in [3.63, 3.8) is 0 Å². The van der Waals surface area contributed by atoms with Gasteiger partial charge >= 0.3 is 0 Å². The highest BCUT2D eigenvalue weighted by Gasteiger charge is 2.22. The van der Waals surface area contributed by atoms with Gasteiger partial charge in [0, 0.05) is 12.3 Å². The molecule has 1 aliphatic rings. The molecule has 1 saturated heterocycles. The van der Waals surface area contributed by atoms with Gasteiger partial charge in [-0.2, -0.15) is 0 Å². The summed E-state index contributed by atoms with van der Waals surface area (Å²) in [6, 6.07) is 7.60. The topological polar surface area (TPSA) is 56.8 Å². The average Bonchev–Trinajstić information content (AvgIpc) is 2.46. The third-order valence-corrected chi connectivity index (χ3v) is 2.78. The summed E-state index contributed by atoms with van der Waals surface area (Å²) in [6.45, 7) is 4.49. The second-order valence-corrected chi connectivity index (χ2v) is 4.26. The van der Waals surface area contributed by atoms with Crippen LogP contribution in [-0.2, 0) is 25.6 Å². The number of carbonyl (C=O) groups excluding carboxylic acids is 1. The van der Waals surface area contributed by atoms with Gasteiger partial charge in [0.2, 0.25) is 0 Å². The lowest BCUT2D eigenvalue weighted by atomic mass is 10.2. The van der Waals surface area contributed by atoms with Crippen LogP contribution in [0.4, 0.5) is 5.69 Å².